The van der Waals surface area contributed by atoms with E-state index in [-0.39, 0.29) is 16.6 Å². The lowest BCUT2D eigenvalue weighted by molar-refractivity contribution is -0.384. The molecule has 1 aliphatic rings. The molecular weight excluding hydrogens is 294 g/mol. The highest BCUT2D eigenvalue weighted by Gasteiger charge is 2.28. The number of nitro benzene ring substituents is 1. The zero-order valence-corrected chi connectivity index (χ0v) is 12.8. The van der Waals surface area contributed by atoms with E-state index in [1.54, 1.807) is 0 Å². The number of nitro groups is 1. The molecule has 0 aromatic heterocycles. The number of rotatable bonds is 3. The van der Waals surface area contributed by atoms with Crippen LogP contribution in [0.2, 0.25) is 0 Å². The molecule has 7 nitrogen and oxygen atoms in total. The van der Waals surface area contributed by atoms with Crippen molar-refractivity contribution in [3.63, 3.8) is 0 Å². The minimum atomic E-state index is -3.47. The van der Waals surface area contributed by atoms with E-state index in [4.69, 9.17) is 5.73 Å². The average molecular weight is 313 g/mol. The standard InChI is InChI=1S/C13H19N3O4S/c1-9-5-6-15(8-11(9)14)12-4-3-10(21(2,19)20)7-13(12)16(17)18/h3-4,7,9,11H,5-6,8,14H2,1-2H3. The van der Waals surface area contributed by atoms with E-state index in [0.29, 0.717) is 24.7 Å². The van der Waals surface area contributed by atoms with Crippen LogP contribution in [0.15, 0.2) is 23.1 Å². The van der Waals surface area contributed by atoms with Crippen LogP contribution in [0, 0.1) is 16.0 Å². The van der Waals surface area contributed by atoms with E-state index in [0.717, 1.165) is 18.7 Å². The summed E-state index contributed by atoms with van der Waals surface area (Å²) in [5, 5.41) is 11.2. The maximum Gasteiger partial charge on any atom is 0.293 e. The molecule has 1 aromatic carbocycles. The molecule has 2 atom stereocenters. The SMILES string of the molecule is CC1CCN(c2ccc(S(C)(=O)=O)cc2[N+](=O)[O-])CC1N. The molecule has 1 aliphatic heterocycles. The Bertz CT molecular complexity index is 659. The number of nitrogens with zero attached hydrogens (tertiary/aromatic N) is 2. The lowest BCUT2D eigenvalue weighted by atomic mass is 9.94. The van der Waals surface area contributed by atoms with E-state index in [1.807, 2.05) is 4.90 Å². The van der Waals surface area contributed by atoms with Crippen molar-refractivity contribution in [2.45, 2.75) is 24.3 Å². The van der Waals surface area contributed by atoms with Gasteiger partial charge in [0, 0.05) is 31.5 Å². The zero-order chi connectivity index (χ0) is 15.8. The molecule has 1 fully saturated rings. The van der Waals surface area contributed by atoms with Crippen molar-refractivity contribution in [1.29, 1.82) is 0 Å². The first-order valence-electron chi connectivity index (χ1n) is 6.69. The van der Waals surface area contributed by atoms with Gasteiger partial charge in [-0.3, -0.25) is 10.1 Å². The quantitative estimate of drug-likeness (QED) is 0.663. The summed E-state index contributed by atoms with van der Waals surface area (Å²) in [5.41, 5.74) is 6.25. The molecule has 21 heavy (non-hydrogen) atoms. The third-order valence-electron chi connectivity index (χ3n) is 3.93. The van der Waals surface area contributed by atoms with Crippen LogP contribution in [-0.2, 0) is 9.84 Å². The van der Waals surface area contributed by atoms with Crippen molar-refractivity contribution in [1.82, 2.24) is 0 Å². The Kier molecular flexibility index (Phi) is 4.20. The van der Waals surface area contributed by atoms with Crippen molar-refractivity contribution in [3.05, 3.63) is 28.3 Å². The van der Waals surface area contributed by atoms with Crippen molar-refractivity contribution in [2.24, 2.45) is 11.7 Å². The Morgan fingerprint density at radius 2 is 2.10 bits per heavy atom. The largest absolute Gasteiger partial charge is 0.364 e. The van der Waals surface area contributed by atoms with Gasteiger partial charge in [-0.25, -0.2) is 8.42 Å². The van der Waals surface area contributed by atoms with Crippen molar-refractivity contribution >= 4 is 21.2 Å². The number of hydrogen-bond acceptors (Lipinski definition) is 6. The molecule has 0 spiro atoms. The van der Waals surface area contributed by atoms with Gasteiger partial charge in [0.2, 0.25) is 0 Å². The summed E-state index contributed by atoms with van der Waals surface area (Å²) >= 11 is 0. The van der Waals surface area contributed by atoms with E-state index in [1.165, 1.54) is 12.1 Å². The van der Waals surface area contributed by atoms with Gasteiger partial charge in [0.15, 0.2) is 9.84 Å². The number of benzene rings is 1. The Labute approximate surface area is 123 Å². The summed E-state index contributed by atoms with van der Waals surface area (Å²) in [7, 11) is -3.47. The van der Waals surface area contributed by atoms with Gasteiger partial charge in [-0.15, -0.1) is 0 Å². The van der Waals surface area contributed by atoms with Crippen LogP contribution >= 0.6 is 0 Å². The fraction of sp³-hybridized carbons (Fsp3) is 0.538. The fourth-order valence-electron chi connectivity index (χ4n) is 2.47. The first-order chi connectivity index (χ1) is 9.70. The highest BCUT2D eigenvalue weighted by molar-refractivity contribution is 7.90. The second-order valence-electron chi connectivity index (χ2n) is 5.56. The Hall–Kier alpha value is -1.67. The summed E-state index contributed by atoms with van der Waals surface area (Å²) in [5.74, 6) is 0.371. The van der Waals surface area contributed by atoms with Crippen LogP contribution in [0.3, 0.4) is 0 Å². The Morgan fingerprint density at radius 1 is 1.43 bits per heavy atom. The molecule has 1 heterocycles. The third kappa shape index (κ3) is 3.33. The highest BCUT2D eigenvalue weighted by Crippen LogP contribution is 2.33. The van der Waals surface area contributed by atoms with Crippen molar-refractivity contribution in [2.75, 3.05) is 24.2 Å². The topological polar surface area (TPSA) is 107 Å². The molecule has 0 saturated carbocycles. The molecule has 2 rings (SSSR count). The summed E-state index contributed by atoms with van der Waals surface area (Å²) in [4.78, 5) is 12.5. The van der Waals surface area contributed by atoms with Crippen LogP contribution in [0.4, 0.5) is 11.4 Å². The van der Waals surface area contributed by atoms with E-state index < -0.39 is 14.8 Å². The maximum atomic E-state index is 11.5. The smallest absolute Gasteiger partial charge is 0.293 e. The fourth-order valence-corrected chi connectivity index (χ4v) is 3.11. The minimum Gasteiger partial charge on any atom is -0.364 e. The van der Waals surface area contributed by atoms with Gasteiger partial charge >= 0.3 is 0 Å². The summed E-state index contributed by atoms with van der Waals surface area (Å²) in [6, 6.07) is 3.97. The molecule has 1 saturated heterocycles. The normalized spacial score (nSPS) is 23.1. The highest BCUT2D eigenvalue weighted by atomic mass is 32.2. The first kappa shape index (κ1) is 15.7. The van der Waals surface area contributed by atoms with Crippen LogP contribution in [0.1, 0.15) is 13.3 Å². The summed E-state index contributed by atoms with van der Waals surface area (Å²) < 4.78 is 23.1. The van der Waals surface area contributed by atoms with Gasteiger partial charge in [0.25, 0.3) is 5.69 Å². The Balaban J connectivity index is 2.42. The number of nitrogens with two attached hydrogens (primary N) is 1. The minimum absolute atomic E-state index is 0.0482. The van der Waals surface area contributed by atoms with Crippen LogP contribution in [-0.4, -0.2) is 38.7 Å². The molecule has 2 N–H and O–H groups in total. The van der Waals surface area contributed by atoms with Gasteiger partial charge in [0.05, 0.1) is 9.82 Å². The summed E-state index contributed by atoms with van der Waals surface area (Å²) in [6.07, 6.45) is 1.89. The maximum absolute atomic E-state index is 11.5. The van der Waals surface area contributed by atoms with Crippen LogP contribution in [0.25, 0.3) is 0 Å². The summed E-state index contributed by atoms with van der Waals surface area (Å²) in [6.45, 7) is 3.26. The van der Waals surface area contributed by atoms with Crippen molar-refractivity contribution < 1.29 is 13.3 Å². The van der Waals surface area contributed by atoms with Crippen LogP contribution in [0.5, 0.6) is 0 Å². The molecule has 2 unspecified atom stereocenters. The van der Waals surface area contributed by atoms with Gasteiger partial charge in [-0.1, -0.05) is 6.92 Å². The van der Waals surface area contributed by atoms with Gasteiger partial charge < -0.3 is 10.6 Å². The molecule has 0 amide bonds. The monoisotopic (exact) mass is 313 g/mol. The molecule has 0 aliphatic carbocycles. The second kappa shape index (κ2) is 5.61. The number of sulfone groups is 1. The molecule has 0 bridgehead atoms. The lowest BCUT2D eigenvalue weighted by Crippen LogP contribution is -2.47. The van der Waals surface area contributed by atoms with Gasteiger partial charge in [-0.05, 0) is 24.5 Å². The second-order valence-corrected chi connectivity index (χ2v) is 7.57. The number of anilines is 1. The number of piperidine rings is 1. The average Bonchev–Trinajstić information content (AvgIpc) is 2.40. The van der Waals surface area contributed by atoms with Gasteiger partial charge in [-0.2, -0.15) is 0 Å². The first-order valence-corrected chi connectivity index (χ1v) is 8.58. The lowest BCUT2D eigenvalue weighted by Gasteiger charge is -2.36. The predicted octanol–water partition coefficient (Wildman–Crippen LogP) is 1.17. The molecule has 116 valence electrons. The van der Waals surface area contributed by atoms with Crippen molar-refractivity contribution in [3.8, 4) is 0 Å². The van der Waals surface area contributed by atoms with Crippen LogP contribution < -0.4 is 10.6 Å². The zero-order valence-electron chi connectivity index (χ0n) is 12.0. The van der Waals surface area contributed by atoms with E-state index in [2.05, 4.69) is 6.92 Å². The molecule has 8 heteroatoms. The van der Waals surface area contributed by atoms with E-state index in [9.17, 15) is 18.5 Å². The van der Waals surface area contributed by atoms with E-state index >= 15 is 0 Å². The Morgan fingerprint density at radius 3 is 2.62 bits per heavy atom. The number of hydrogen-bond donors (Lipinski definition) is 1. The molecular formula is C13H19N3O4S. The predicted molar refractivity (Wildman–Crippen MR) is 80.2 cm³/mol. The third-order valence-corrected chi connectivity index (χ3v) is 5.04. The van der Waals surface area contributed by atoms with Gasteiger partial charge in [0.1, 0.15) is 5.69 Å². The molecule has 0 radical (unpaired) electrons. The molecule has 1 aromatic rings.